The van der Waals surface area contributed by atoms with Gasteiger partial charge in [-0.1, -0.05) is 13.8 Å². The minimum atomic E-state index is -3.05. The van der Waals surface area contributed by atoms with E-state index in [0.29, 0.717) is 25.0 Å². The summed E-state index contributed by atoms with van der Waals surface area (Å²) in [5.41, 5.74) is 0. The zero-order valence-electron chi connectivity index (χ0n) is 13.1. The molecule has 0 aromatic carbocycles. The van der Waals surface area contributed by atoms with Gasteiger partial charge in [0, 0.05) is 25.7 Å². The summed E-state index contributed by atoms with van der Waals surface area (Å²) in [5, 5.41) is 3.45. The lowest BCUT2D eigenvalue weighted by Crippen LogP contribution is -2.43. The van der Waals surface area contributed by atoms with Gasteiger partial charge >= 0.3 is 0 Å². The highest BCUT2D eigenvalue weighted by Gasteiger charge is 2.27. The zero-order chi connectivity index (χ0) is 15.0. The van der Waals surface area contributed by atoms with E-state index in [2.05, 4.69) is 19.2 Å². The highest BCUT2D eigenvalue weighted by Crippen LogP contribution is 2.22. The molecule has 5 nitrogen and oxygen atoms in total. The monoisotopic (exact) mass is 306 g/mol. The van der Waals surface area contributed by atoms with Crippen LogP contribution in [0.15, 0.2) is 0 Å². The van der Waals surface area contributed by atoms with Gasteiger partial charge < -0.3 is 10.1 Å². The molecule has 1 N–H and O–H groups in total. The molecule has 1 saturated heterocycles. The van der Waals surface area contributed by atoms with Crippen LogP contribution in [0.1, 0.15) is 39.5 Å². The Morgan fingerprint density at radius 1 is 1.40 bits per heavy atom. The standard InChI is InChI=1S/C14H30N2O3S/c1-4-9-19-12-14(15-5-2)10-13-7-6-8-16(11-13)20(3,17)18/h13-15H,4-12H2,1-3H3. The summed E-state index contributed by atoms with van der Waals surface area (Å²) in [6.45, 7) is 7.97. The Hall–Kier alpha value is -0.170. The lowest BCUT2D eigenvalue weighted by Gasteiger charge is -2.33. The second-order valence-electron chi connectivity index (χ2n) is 5.69. The van der Waals surface area contributed by atoms with Crippen LogP contribution in [0, 0.1) is 5.92 Å². The molecule has 0 aliphatic carbocycles. The SMILES string of the molecule is CCCOCC(CC1CCCN(S(C)(=O)=O)C1)NCC. The summed E-state index contributed by atoms with van der Waals surface area (Å²) in [6.07, 6.45) is 5.41. The summed E-state index contributed by atoms with van der Waals surface area (Å²) in [7, 11) is -3.05. The number of hydrogen-bond donors (Lipinski definition) is 1. The molecule has 0 amide bonds. The first-order chi connectivity index (χ1) is 9.47. The van der Waals surface area contributed by atoms with E-state index in [0.717, 1.165) is 45.4 Å². The number of sulfonamides is 1. The molecule has 1 rings (SSSR count). The van der Waals surface area contributed by atoms with Gasteiger partial charge in [0.25, 0.3) is 0 Å². The van der Waals surface area contributed by atoms with Crippen LogP contribution in [0.2, 0.25) is 0 Å². The molecule has 0 aromatic heterocycles. The van der Waals surface area contributed by atoms with Crippen molar-refractivity contribution in [2.45, 2.75) is 45.6 Å². The smallest absolute Gasteiger partial charge is 0.211 e. The van der Waals surface area contributed by atoms with Crippen molar-refractivity contribution in [1.82, 2.24) is 9.62 Å². The van der Waals surface area contributed by atoms with Crippen LogP contribution in [0.4, 0.5) is 0 Å². The molecule has 2 atom stereocenters. The summed E-state index contributed by atoms with van der Waals surface area (Å²) in [5.74, 6) is 0.438. The van der Waals surface area contributed by atoms with E-state index >= 15 is 0 Å². The van der Waals surface area contributed by atoms with Crippen molar-refractivity contribution in [3.63, 3.8) is 0 Å². The fourth-order valence-corrected chi connectivity index (χ4v) is 3.73. The molecule has 0 aromatic rings. The van der Waals surface area contributed by atoms with Crippen molar-refractivity contribution in [3.05, 3.63) is 0 Å². The fraction of sp³-hybridized carbons (Fsp3) is 1.00. The third-order valence-corrected chi connectivity index (χ3v) is 5.00. The van der Waals surface area contributed by atoms with E-state index in [-0.39, 0.29) is 0 Å². The summed E-state index contributed by atoms with van der Waals surface area (Å²) in [6, 6.07) is 0.330. The average Bonchev–Trinajstić information content (AvgIpc) is 2.38. The third kappa shape index (κ3) is 6.52. The van der Waals surface area contributed by atoms with Gasteiger partial charge in [0.15, 0.2) is 0 Å². The summed E-state index contributed by atoms with van der Waals surface area (Å²) < 4.78 is 30.5. The van der Waals surface area contributed by atoms with E-state index in [1.54, 1.807) is 4.31 Å². The fourth-order valence-electron chi connectivity index (χ4n) is 2.79. The molecule has 0 radical (unpaired) electrons. The Bertz CT molecular complexity index is 359. The number of nitrogens with one attached hydrogen (secondary N) is 1. The predicted octanol–water partition coefficient (Wildman–Crippen LogP) is 1.45. The third-order valence-electron chi connectivity index (χ3n) is 3.73. The molecular weight excluding hydrogens is 276 g/mol. The van der Waals surface area contributed by atoms with Crippen LogP contribution in [0.5, 0.6) is 0 Å². The normalized spacial score (nSPS) is 22.9. The van der Waals surface area contributed by atoms with Crippen LogP contribution >= 0.6 is 0 Å². The maximum atomic E-state index is 11.6. The molecule has 1 aliphatic rings. The van der Waals surface area contributed by atoms with E-state index in [1.807, 2.05) is 0 Å². The Kier molecular flexibility index (Phi) is 8.02. The highest BCUT2D eigenvalue weighted by atomic mass is 32.2. The lowest BCUT2D eigenvalue weighted by molar-refractivity contribution is 0.0994. The maximum Gasteiger partial charge on any atom is 0.211 e. The van der Waals surface area contributed by atoms with Gasteiger partial charge in [-0.25, -0.2) is 12.7 Å². The van der Waals surface area contributed by atoms with Gasteiger partial charge in [-0.3, -0.25) is 0 Å². The molecule has 1 heterocycles. The highest BCUT2D eigenvalue weighted by molar-refractivity contribution is 7.88. The topological polar surface area (TPSA) is 58.6 Å². The Balaban J connectivity index is 2.46. The minimum Gasteiger partial charge on any atom is -0.380 e. The van der Waals surface area contributed by atoms with E-state index in [4.69, 9.17) is 4.74 Å². The molecule has 1 aliphatic heterocycles. The Morgan fingerprint density at radius 2 is 2.15 bits per heavy atom. The largest absolute Gasteiger partial charge is 0.380 e. The van der Waals surface area contributed by atoms with Gasteiger partial charge in [0.1, 0.15) is 0 Å². The Labute approximate surface area is 124 Å². The van der Waals surface area contributed by atoms with Crippen molar-refractivity contribution in [3.8, 4) is 0 Å². The number of nitrogens with zero attached hydrogens (tertiary/aromatic N) is 1. The average molecular weight is 306 g/mol. The number of ether oxygens (including phenoxy) is 1. The number of likely N-dealkylation sites (N-methyl/N-ethyl adjacent to an activating group) is 1. The van der Waals surface area contributed by atoms with Crippen LogP contribution in [0.25, 0.3) is 0 Å². The first-order valence-corrected chi connectivity index (χ1v) is 9.58. The van der Waals surface area contributed by atoms with Crippen LogP contribution in [0.3, 0.4) is 0 Å². The van der Waals surface area contributed by atoms with Crippen LogP contribution in [-0.2, 0) is 14.8 Å². The second kappa shape index (κ2) is 8.97. The number of hydrogen-bond acceptors (Lipinski definition) is 4. The van der Waals surface area contributed by atoms with Gasteiger partial charge in [-0.05, 0) is 38.1 Å². The van der Waals surface area contributed by atoms with Crippen molar-refractivity contribution in [2.24, 2.45) is 5.92 Å². The quantitative estimate of drug-likeness (QED) is 0.655. The first-order valence-electron chi connectivity index (χ1n) is 7.73. The second-order valence-corrected chi connectivity index (χ2v) is 7.68. The van der Waals surface area contributed by atoms with E-state index in [9.17, 15) is 8.42 Å². The first kappa shape index (κ1) is 17.9. The van der Waals surface area contributed by atoms with Crippen molar-refractivity contribution in [2.75, 3.05) is 39.1 Å². The molecular formula is C14H30N2O3S. The summed E-state index contributed by atoms with van der Waals surface area (Å²) in [4.78, 5) is 0. The predicted molar refractivity (Wildman–Crippen MR) is 82.3 cm³/mol. The van der Waals surface area contributed by atoms with Crippen molar-refractivity contribution < 1.29 is 13.2 Å². The van der Waals surface area contributed by atoms with Gasteiger partial charge in [-0.2, -0.15) is 0 Å². The van der Waals surface area contributed by atoms with E-state index < -0.39 is 10.0 Å². The zero-order valence-corrected chi connectivity index (χ0v) is 13.9. The molecule has 0 saturated carbocycles. The molecule has 0 bridgehead atoms. The number of piperidine rings is 1. The lowest BCUT2D eigenvalue weighted by atomic mass is 9.92. The summed E-state index contributed by atoms with van der Waals surface area (Å²) >= 11 is 0. The molecule has 6 heteroatoms. The van der Waals surface area contributed by atoms with Crippen LogP contribution in [-0.4, -0.2) is 57.9 Å². The molecule has 0 spiro atoms. The van der Waals surface area contributed by atoms with E-state index in [1.165, 1.54) is 6.26 Å². The van der Waals surface area contributed by atoms with Gasteiger partial charge in [-0.15, -0.1) is 0 Å². The maximum absolute atomic E-state index is 11.6. The van der Waals surface area contributed by atoms with Crippen molar-refractivity contribution >= 4 is 10.0 Å². The molecule has 2 unspecified atom stereocenters. The van der Waals surface area contributed by atoms with Gasteiger partial charge in [0.2, 0.25) is 10.0 Å². The van der Waals surface area contributed by atoms with Crippen LogP contribution < -0.4 is 5.32 Å². The van der Waals surface area contributed by atoms with Gasteiger partial charge in [0.05, 0.1) is 12.9 Å². The van der Waals surface area contributed by atoms with Crippen molar-refractivity contribution in [1.29, 1.82) is 0 Å². The number of rotatable bonds is 9. The molecule has 20 heavy (non-hydrogen) atoms. The Morgan fingerprint density at radius 3 is 2.75 bits per heavy atom. The molecule has 120 valence electrons. The minimum absolute atomic E-state index is 0.330. The molecule has 1 fully saturated rings.